The quantitative estimate of drug-likeness (QED) is 0.0479. The van der Waals surface area contributed by atoms with Gasteiger partial charge in [0.2, 0.25) is 23.6 Å². The van der Waals surface area contributed by atoms with Crippen LogP contribution in [0.2, 0.25) is 0 Å². The van der Waals surface area contributed by atoms with Gasteiger partial charge >= 0.3 is 0 Å². The van der Waals surface area contributed by atoms with Gasteiger partial charge in [0, 0.05) is 184 Å². The van der Waals surface area contributed by atoms with Gasteiger partial charge in [-0.3, -0.25) is 38.4 Å². The minimum atomic E-state index is -2.92. The van der Waals surface area contributed by atoms with E-state index >= 15 is 0 Å². The van der Waals surface area contributed by atoms with Gasteiger partial charge in [0.25, 0.3) is 45.9 Å². The lowest BCUT2D eigenvalue weighted by Crippen LogP contribution is -2.32. The van der Waals surface area contributed by atoms with Crippen LogP contribution in [0.3, 0.4) is 0 Å². The number of halogens is 8. The molecule has 24 heteroatoms. The lowest BCUT2D eigenvalue weighted by atomic mass is 9.87. The van der Waals surface area contributed by atoms with E-state index in [-0.39, 0.29) is 104 Å². The predicted octanol–water partition coefficient (Wildman–Crippen LogP) is 17.2. The van der Waals surface area contributed by atoms with Gasteiger partial charge < -0.3 is 39.5 Å². The number of rotatable bonds is 22. The molecule has 0 bridgehead atoms. The van der Waals surface area contributed by atoms with E-state index in [1.165, 1.54) is 48.5 Å². The van der Waals surface area contributed by atoms with Crippen LogP contribution in [0.5, 0.6) is 0 Å². The first-order chi connectivity index (χ1) is 54.9. The molecule has 8 aromatic rings. The summed E-state index contributed by atoms with van der Waals surface area (Å²) in [5, 5.41) is 5.85. The van der Waals surface area contributed by atoms with E-state index in [1.54, 1.807) is 88.6 Å². The second-order valence-corrected chi connectivity index (χ2v) is 33.1. The number of nitrogens with zero attached hydrogens (tertiary/aromatic N) is 4. The number of pyridine rings is 4. The van der Waals surface area contributed by atoms with Crippen LogP contribution >= 0.6 is 0 Å². The van der Waals surface area contributed by atoms with E-state index in [0.717, 1.165) is 153 Å². The average Bonchev–Trinajstić information content (AvgIpc) is 1.49. The number of hydrogen-bond donors (Lipinski definition) is 4. The van der Waals surface area contributed by atoms with Gasteiger partial charge in [0.1, 0.15) is 0 Å². The van der Waals surface area contributed by atoms with Crippen LogP contribution in [-0.4, -0.2) is 90.8 Å². The molecule has 8 fully saturated rings. The smallest absolute Gasteiger partial charge is 0.270 e. The zero-order valence-corrected chi connectivity index (χ0v) is 66.6. The van der Waals surface area contributed by atoms with Crippen LogP contribution in [0.15, 0.2) is 177 Å². The first kappa shape index (κ1) is 83.4. The molecule has 16 nitrogen and oxygen atoms in total. The van der Waals surface area contributed by atoms with E-state index in [4.69, 9.17) is 0 Å². The number of likely N-dealkylation sites (tertiary alicyclic amines) is 2. The zero-order valence-electron chi connectivity index (χ0n) is 66.6. The van der Waals surface area contributed by atoms with Gasteiger partial charge in [-0.15, -0.1) is 0 Å². The van der Waals surface area contributed by atoms with Crippen molar-refractivity contribution in [3.63, 3.8) is 0 Å². The molecule has 4 aliphatic carbocycles. The van der Waals surface area contributed by atoms with Crippen LogP contribution < -0.4 is 32.9 Å². The molecule has 0 spiro atoms. The van der Waals surface area contributed by atoms with Crippen molar-refractivity contribution in [3.05, 3.63) is 289 Å². The van der Waals surface area contributed by atoms with Crippen molar-refractivity contribution in [3.8, 4) is 0 Å². The Kier molecular flexibility index (Phi) is 24.4. The van der Waals surface area contributed by atoms with Crippen LogP contribution in [0.25, 0.3) is 11.1 Å². The molecule has 4 aromatic heterocycles. The van der Waals surface area contributed by atoms with Gasteiger partial charge in [-0.05, 0) is 160 Å². The summed E-state index contributed by atoms with van der Waals surface area (Å²) in [6.45, 7) is 3.50. The summed E-state index contributed by atoms with van der Waals surface area (Å²) in [7, 11) is 7.11. The first-order valence-corrected chi connectivity index (χ1v) is 40.3. The lowest BCUT2D eigenvalue weighted by Gasteiger charge is -2.28. The monoisotopic (exact) mass is 1600 g/mol. The van der Waals surface area contributed by atoms with Gasteiger partial charge in [-0.2, -0.15) is 0 Å². The highest BCUT2D eigenvalue weighted by molar-refractivity contribution is 5.84. The fourth-order valence-electron chi connectivity index (χ4n) is 16.3. The molecule has 4 N–H and O–H groups in total. The first-order valence-electron chi connectivity index (χ1n) is 40.3. The van der Waals surface area contributed by atoms with Crippen molar-refractivity contribution >= 4 is 34.8 Å². The van der Waals surface area contributed by atoms with Crippen molar-refractivity contribution in [1.82, 2.24) is 39.5 Å². The Balaban J connectivity index is 0.000000135. The summed E-state index contributed by atoms with van der Waals surface area (Å²) in [4.78, 5) is 107. The van der Waals surface area contributed by atoms with E-state index in [2.05, 4.69) is 20.6 Å². The number of H-pyrrole nitrogens is 2. The Hall–Kier alpha value is -10.5. The van der Waals surface area contributed by atoms with Gasteiger partial charge in [0.05, 0.1) is 11.7 Å². The third-order valence-corrected chi connectivity index (χ3v) is 24.1. The van der Waals surface area contributed by atoms with E-state index in [1.807, 2.05) is 67.7 Å². The van der Waals surface area contributed by atoms with Gasteiger partial charge in [-0.25, -0.2) is 35.1 Å². The molecule has 0 radical (unpaired) electrons. The summed E-state index contributed by atoms with van der Waals surface area (Å²) >= 11 is 0. The molecular formula is C92H100F8N8O8. The Morgan fingerprint density at radius 3 is 1.28 bits per heavy atom. The molecule has 116 heavy (non-hydrogen) atoms. The van der Waals surface area contributed by atoms with E-state index in [0.29, 0.717) is 92.0 Å². The number of amides is 4. The van der Waals surface area contributed by atoms with Crippen LogP contribution in [0.4, 0.5) is 35.1 Å². The van der Waals surface area contributed by atoms with Crippen LogP contribution in [0, 0.1) is 0 Å². The van der Waals surface area contributed by atoms with E-state index in [9.17, 15) is 73.5 Å². The number of likely N-dealkylation sites (N-methyl/N-ethyl adjacent to an activating group) is 1. The fourth-order valence-corrected chi connectivity index (χ4v) is 16.3. The van der Waals surface area contributed by atoms with Crippen molar-refractivity contribution in [1.29, 1.82) is 0 Å². The number of hydrogen-bond acceptors (Lipinski definition) is 8. The summed E-state index contributed by atoms with van der Waals surface area (Å²) in [5.41, 5.74) is 10.5. The number of nitrogens with one attached hydrogen (secondary N) is 4. The number of aromatic nitrogens is 4. The van der Waals surface area contributed by atoms with Crippen molar-refractivity contribution in [2.24, 2.45) is 14.1 Å². The largest absolute Gasteiger partial charge is 0.353 e. The summed E-state index contributed by atoms with van der Waals surface area (Å²) < 4.78 is 112. The molecule has 16 rings (SSSR count). The Bertz CT molecular complexity index is 5280. The Morgan fingerprint density at radius 2 is 0.836 bits per heavy atom. The minimum absolute atomic E-state index is 0.0106. The lowest BCUT2D eigenvalue weighted by molar-refractivity contribution is -0.128. The number of carbonyl (C=O) groups is 4. The molecule has 4 saturated carbocycles. The van der Waals surface area contributed by atoms with Crippen molar-refractivity contribution in [2.75, 3.05) is 14.1 Å². The molecule has 2 unspecified atom stereocenters. The van der Waals surface area contributed by atoms with Crippen LogP contribution in [-0.2, 0) is 57.0 Å². The predicted molar refractivity (Wildman–Crippen MR) is 430 cm³/mol. The highest BCUT2D eigenvalue weighted by atomic mass is 19.3. The van der Waals surface area contributed by atoms with E-state index < -0.39 is 23.7 Å². The van der Waals surface area contributed by atoms with Crippen LogP contribution in [0.1, 0.15) is 268 Å². The number of benzene rings is 4. The maximum Gasteiger partial charge on any atom is 0.270 e. The molecule has 4 saturated heterocycles. The van der Waals surface area contributed by atoms with Crippen molar-refractivity contribution in [2.45, 2.75) is 227 Å². The molecular weight excluding hydrogens is 1500 g/mol. The maximum atomic E-state index is 13.7. The SMILES string of the molecule is CC(F)(F)c1ccc(/C(=C/[C@H]2CCC(=O)N2)c2ccc(C3CC3)c(=O)[nH]2)cc1.CC(F)(F)c1ccc([C@@H](CC2CCC(=O)N2)c2ccc(C3CC3)c(=O)[nH]2)cc1.CN1C(=O)CCC1C[C@H](c1ccc(C(C)(F)F)cc1)c1ccc(C2CC2)c(=O)n1C.CN1C(=O)CC[C@@H]1/C=C(/c1ccc(C(C)(F)F)cc1)c1ccc(C2CC2)c(=O)n1C. The molecule has 8 heterocycles. The molecule has 4 aliphatic heterocycles. The molecule has 8 aliphatic rings. The normalized spacial score (nSPS) is 20.5. The fraction of sp³-hybridized carbons (Fsp3) is 0.435. The maximum absolute atomic E-state index is 13.7. The molecule has 4 aromatic carbocycles. The average molecular weight is 1600 g/mol. The summed E-state index contributed by atoms with van der Waals surface area (Å²) in [5.74, 6) is -10.3. The highest BCUT2D eigenvalue weighted by Crippen LogP contribution is 2.44. The van der Waals surface area contributed by atoms with Gasteiger partial charge in [0.15, 0.2) is 0 Å². The third kappa shape index (κ3) is 19.9. The second-order valence-electron chi connectivity index (χ2n) is 33.1. The topological polar surface area (TPSA) is 209 Å². The summed E-state index contributed by atoms with van der Waals surface area (Å²) in [6.07, 6.45) is 18.3. The molecule has 612 valence electrons. The standard InChI is InChI=1S/C24H28F2N2O2.C24H26F2N2O2.C22H24F2N2O2.C22H22F2N2O2/c2*1-24(25,26)17-8-6-16(7-9-17)20(14-18-10-13-22(29)27(18)2)21-12-11-19(15-4-5-15)23(30)28(21)3;2*1-22(23,24)15-6-4-14(5-7-15)18(12-16-8-11-20(27)25-16)19-10-9-17(13-2-3-13)21(28)26-19/h6-9,11-12,15,18,20H,4-5,10,13-14H2,1-3H3;6-9,11-12,14-15,18H,4-5,10,13H2,1-3H3;4-7,9-10,13,16,18H,2-3,8,11-12H2,1H3,(H,25,27)(H,26,28);4-7,9-10,12-13,16H,2-3,8,11H2,1H3,(H,25,27)(H,26,28)/b;20-14-;;18-12-/t18?,20-;18-;16?,18-;16-/m1111/s1. The van der Waals surface area contributed by atoms with Crippen molar-refractivity contribution < 1.29 is 54.3 Å². The minimum Gasteiger partial charge on any atom is -0.353 e. The Labute approximate surface area is 668 Å². The highest BCUT2D eigenvalue weighted by Gasteiger charge is 2.38. The Morgan fingerprint density at radius 1 is 0.405 bits per heavy atom. The zero-order chi connectivity index (χ0) is 83.0. The van der Waals surface area contributed by atoms with Gasteiger partial charge in [-0.1, -0.05) is 133 Å². The molecule has 4 amide bonds. The summed E-state index contributed by atoms with van der Waals surface area (Å²) in [6, 6.07) is 40.0. The number of alkyl halides is 8. The molecule has 6 atom stereocenters. The number of carbonyl (C=O) groups excluding carboxylic acids is 4. The second kappa shape index (κ2) is 34.0. The number of aromatic amines is 2. The third-order valence-electron chi connectivity index (χ3n) is 24.1.